The SMILES string of the molecule is Cc1cc(/C(O)=C2/C(=O)C(=O)N(c3ccc(C(=O)OCC(C)C)cc3)C2c2cccnc2)ccc1OC(C)C. The number of hydrogen-bond acceptors (Lipinski definition) is 7. The predicted molar refractivity (Wildman–Crippen MR) is 148 cm³/mol. The van der Waals surface area contributed by atoms with Crippen LogP contribution in [0.4, 0.5) is 5.69 Å². The summed E-state index contributed by atoms with van der Waals surface area (Å²) in [6.07, 6.45) is 3.12. The smallest absolute Gasteiger partial charge is 0.338 e. The Labute approximate surface area is 227 Å². The maximum Gasteiger partial charge on any atom is 0.338 e. The fourth-order valence-corrected chi connectivity index (χ4v) is 4.37. The first-order chi connectivity index (χ1) is 18.6. The molecule has 1 N–H and O–H groups in total. The molecule has 0 bridgehead atoms. The molecule has 1 unspecified atom stereocenters. The van der Waals surface area contributed by atoms with Gasteiger partial charge in [-0.2, -0.15) is 0 Å². The van der Waals surface area contributed by atoms with Gasteiger partial charge in [-0.25, -0.2) is 4.79 Å². The lowest BCUT2D eigenvalue weighted by molar-refractivity contribution is -0.132. The van der Waals surface area contributed by atoms with Gasteiger partial charge in [0.15, 0.2) is 0 Å². The van der Waals surface area contributed by atoms with Gasteiger partial charge in [-0.05, 0) is 86.3 Å². The lowest BCUT2D eigenvalue weighted by Gasteiger charge is -2.25. The summed E-state index contributed by atoms with van der Waals surface area (Å²) in [6, 6.07) is 13.9. The predicted octanol–water partition coefficient (Wildman–Crippen LogP) is 5.62. The molecule has 0 aliphatic carbocycles. The molecule has 2 aromatic carbocycles. The van der Waals surface area contributed by atoms with Crippen LogP contribution < -0.4 is 9.64 Å². The minimum Gasteiger partial charge on any atom is -0.507 e. The van der Waals surface area contributed by atoms with Gasteiger partial charge in [0.25, 0.3) is 11.7 Å². The molecule has 2 heterocycles. The number of ketones is 1. The van der Waals surface area contributed by atoms with Crippen molar-refractivity contribution in [3.8, 4) is 5.75 Å². The summed E-state index contributed by atoms with van der Waals surface area (Å²) in [5.41, 5.74) is 2.38. The Morgan fingerprint density at radius 2 is 1.72 bits per heavy atom. The number of aromatic nitrogens is 1. The number of aliphatic hydroxyl groups is 1. The third kappa shape index (κ3) is 5.85. The number of anilines is 1. The van der Waals surface area contributed by atoms with Crippen molar-refractivity contribution in [1.29, 1.82) is 0 Å². The van der Waals surface area contributed by atoms with E-state index in [0.29, 0.717) is 34.7 Å². The third-order valence-electron chi connectivity index (χ3n) is 6.18. The average molecular weight is 529 g/mol. The minimum atomic E-state index is -0.927. The van der Waals surface area contributed by atoms with Gasteiger partial charge in [0, 0.05) is 23.6 Å². The third-order valence-corrected chi connectivity index (χ3v) is 6.18. The monoisotopic (exact) mass is 528 g/mol. The van der Waals surface area contributed by atoms with Crippen LogP contribution in [0.15, 0.2) is 72.6 Å². The van der Waals surface area contributed by atoms with Crippen molar-refractivity contribution in [3.63, 3.8) is 0 Å². The molecule has 0 spiro atoms. The molecule has 0 radical (unpaired) electrons. The van der Waals surface area contributed by atoms with Crippen LogP contribution >= 0.6 is 0 Å². The first-order valence-electron chi connectivity index (χ1n) is 12.8. The van der Waals surface area contributed by atoms with Gasteiger partial charge in [0.2, 0.25) is 0 Å². The molecule has 1 amide bonds. The molecule has 1 fully saturated rings. The van der Waals surface area contributed by atoms with Gasteiger partial charge in [-0.1, -0.05) is 19.9 Å². The number of rotatable bonds is 8. The first kappa shape index (κ1) is 27.6. The summed E-state index contributed by atoms with van der Waals surface area (Å²) in [7, 11) is 0. The lowest BCUT2D eigenvalue weighted by Crippen LogP contribution is -2.29. The van der Waals surface area contributed by atoms with E-state index in [1.54, 1.807) is 67.0 Å². The number of pyridine rings is 1. The second-order valence-electron chi connectivity index (χ2n) is 10.1. The number of aliphatic hydroxyl groups excluding tert-OH is 1. The number of nitrogens with zero attached hydrogens (tertiary/aromatic N) is 2. The molecule has 8 heteroatoms. The number of carbonyl (C=O) groups excluding carboxylic acids is 3. The van der Waals surface area contributed by atoms with E-state index in [2.05, 4.69) is 4.98 Å². The quantitative estimate of drug-likeness (QED) is 0.175. The van der Waals surface area contributed by atoms with Gasteiger partial charge >= 0.3 is 5.97 Å². The standard InChI is InChI=1S/C31H32N2O6/c1-18(2)17-38-31(37)21-8-11-24(12-9-21)33-27(23-7-6-14-32-16-23)26(29(35)30(33)36)28(34)22-10-13-25(20(5)15-22)39-19(3)4/h6-16,18-19,27,34H,17H2,1-5H3/b28-26-. The van der Waals surface area contributed by atoms with E-state index in [0.717, 1.165) is 5.56 Å². The molecule has 1 aromatic heterocycles. The molecule has 1 aliphatic heterocycles. The number of esters is 1. The zero-order valence-corrected chi connectivity index (χ0v) is 22.7. The van der Waals surface area contributed by atoms with Gasteiger partial charge < -0.3 is 14.6 Å². The van der Waals surface area contributed by atoms with E-state index in [1.165, 1.54) is 4.90 Å². The maximum atomic E-state index is 13.4. The number of benzene rings is 2. The van der Waals surface area contributed by atoms with Crippen molar-refractivity contribution in [1.82, 2.24) is 4.98 Å². The second-order valence-corrected chi connectivity index (χ2v) is 10.1. The minimum absolute atomic E-state index is 0.0255. The highest BCUT2D eigenvalue weighted by molar-refractivity contribution is 6.51. The van der Waals surface area contributed by atoms with Crippen LogP contribution in [-0.4, -0.2) is 40.5 Å². The van der Waals surface area contributed by atoms with Crippen molar-refractivity contribution in [3.05, 3.63) is 94.8 Å². The van der Waals surface area contributed by atoms with Crippen LogP contribution in [0.3, 0.4) is 0 Å². The Balaban J connectivity index is 1.77. The van der Waals surface area contributed by atoms with Gasteiger partial charge in [0.05, 0.1) is 29.9 Å². The number of hydrogen-bond donors (Lipinski definition) is 1. The molecule has 3 aromatic rings. The molecule has 1 saturated heterocycles. The van der Waals surface area contributed by atoms with Crippen LogP contribution in [0.1, 0.15) is 60.8 Å². The normalized spacial score (nSPS) is 16.7. The number of carbonyl (C=O) groups is 3. The first-order valence-corrected chi connectivity index (χ1v) is 12.8. The summed E-state index contributed by atoms with van der Waals surface area (Å²) in [4.78, 5) is 44.6. The van der Waals surface area contributed by atoms with E-state index >= 15 is 0 Å². The van der Waals surface area contributed by atoms with Crippen LogP contribution in [0.25, 0.3) is 5.76 Å². The summed E-state index contributed by atoms with van der Waals surface area (Å²) in [5.74, 6) is -1.52. The zero-order valence-electron chi connectivity index (χ0n) is 22.7. The van der Waals surface area contributed by atoms with Gasteiger partial charge in [-0.3, -0.25) is 19.5 Å². The Morgan fingerprint density at radius 1 is 1.03 bits per heavy atom. The Morgan fingerprint density at radius 3 is 2.31 bits per heavy atom. The van der Waals surface area contributed by atoms with E-state index in [-0.39, 0.29) is 23.4 Å². The van der Waals surface area contributed by atoms with Crippen molar-refractivity contribution in [2.45, 2.75) is 46.8 Å². The van der Waals surface area contributed by atoms with Crippen LogP contribution in [0, 0.1) is 12.8 Å². The second kappa shape index (κ2) is 11.5. The molecule has 4 rings (SSSR count). The summed E-state index contributed by atoms with van der Waals surface area (Å²) in [6.45, 7) is 9.87. The molecule has 1 aliphatic rings. The van der Waals surface area contributed by atoms with E-state index in [1.807, 2.05) is 34.6 Å². The molecule has 39 heavy (non-hydrogen) atoms. The Hall–Kier alpha value is -4.46. The van der Waals surface area contributed by atoms with Crippen LogP contribution in [0.2, 0.25) is 0 Å². The molecular weight excluding hydrogens is 496 g/mol. The van der Waals surface area contributed by atoms with Crippen LogP contribution in [-0.2, 0) is 14.3 Å². The van der Waals surface area contributed by atoms with E-state index < -0.39 is 23.7 Å². The number of amides is 1. The summed E-state index contributed by atoms with van der Waals surface area (Å²) < 4.78 is 11.1. The zero-order chi connectivity index (χ0) is 28.3. The van der Waals surface area contributed by atoms with Gasteiger partial charge in [-0.15, -0.1) is 0 Å². The highest BCUT2D eigenvalue weighted by Gasteiger charge is 2.47. The number of aryl methyl sites for hydroxylation is 1. The summed E-state index contributed by atoms with van der Waals surface area (Å²) in [5, 5.41) is 11.4. The lowest BCUT2D eigenvalue weighted by atomic mass is 9.95. The number of Topliss-reactive ketones (excluding diaryl/α,β-unsaturated/α-hetero) is 1. The van der Waals surface area contributed by atoms with Crippen molar-refractivity contribution < 1.29 is 29.0 Å². The molecule has 202 valence electrons. The van der Waals surface area contributed by atoms with Crippen molar-refractivity contribution >= 4 is 29.1 Å². The highest BCUT2D eigenvalue weighted by Crippen LogP contribution is 2.42. The van der Waals surface area contributed by atoms with E-state index in [9.17, 15) is 19.5 Å². The highest BCUT2D eigenvalue weighted by atomic mass is 16.5. The average Bonchev–Trinajstić information content (AvgIpc) is 3.18. The molecular formula is C31H32N2O6. The van der Waals surface area contributed by atoms with Gasteiger partial charge in [0.1, 0.15) is 11.5 Å². The molecule has 0 saturated carbocycles. The van der Waals surface area contributed by atoms with Crippen LogP contribution in [0.5, 0.6) is 5.75 Å². The number of ether oxygens (including phenoxy) is 2. The van der Waals surface area contributed by atoms with Crippen molar-refractivity contribution in [2.24, 2.45) is 5.92 Å². The largest absolute Gasteiger partial charge is 0.507 e. The molecule has 8 nitrogen and oxygen atoms in total. The Kier molecular flexibility index (Phi) is 8.14. The summed E-state index contributed by atoms with van der Waals surface area (Å²) >= 11 is 0. The topological polar surface area (TPSA) is 106 Å². The Bertz CT molecular complexity index is 1410. The molecule has 1 atom stereocenters. The van der Waals surface area contributed by atoms with E-state index in [4.69, 9.17) is 9.47 Å². The fraction of sp³-hybridized carbons (Fsp3) is 0.290. The maximum absolute atomic E-state index is 13.4. The fourth-order valence-electron chi connectivity index (χ4n) is 4.37. The van der Waals surface area contributed by atoms with Crippen molar-refractivity contribution in [2.75, 3.05) is 11.5 Å².